The number of rotatable bonds is 14. The SMILES string of the molecule is CC1=C(/C=C/C(C)=C/C=C/C(C)=C/C=C/C=C(C)/C=C/C=C(C)/C=C/c2ccc(CC(=O)Nc3cccc(B(O)O)c3)cc2)C(C)(C)CCC1. The first kappa shape index (κ1) is 39.7. The van der Waals surface area contributed by atoms with Crippen LogP contribution >= 0.6 is 0 Å². The number of anilines is 1. The van der Waals surface area contributed by atoms with Crippen LogP contribution in [0.5, 0.6) is 0 Å². The Kier molecular flexibility index (Phi) is 16.0. The quantitative estimate of drug-likeness (QED) is 0.139. The van der Waals surface area contributed by atoms with Gasteiger partial charge in [-0.05, 0) is 93.6 Å². The van der Waals surface area contributed by atoms with Crippen molar-refractivity contribution in [3.05, 3.63) is 172 Å². The van der Waals surface area contributed by atoms with E-state index in [0.717, 1.165) is 22.3 Å². The van der Waals surface area contributed by atoms with Crippen LogP contribution in [0.4, 0.5) is 5.69 Å². The lowest BCUT2D eigenvalue weighted by molar-refractivity contribution is -0.115. The maximum atomic E-state index is 12.5. The van der Waals surface area contributed by atoms with Crippen molar-refractivity contribution in [2.45, 2.75) is 74.1 Å². The highest BCUT2D eigenvalue weighted by Gasteiger charge is 2.26. The van der Waals surface area contributed by atoms with Crippen LogP contribution in [-0.4, -0.2) is 23.1 Å². The van der Waals surface area contributed by atoms with Crippen LogP contribution in [0, 0.1) is 5.41 Å². The number of amides is 1. The molecule has 3 rings (SSSR count). The van der Waals surface area contributed by atoms with Crippen molar-refractivity contribution >= 4 is 30.3 Å². The molecule has 1 amide bonds. The van der Waals surface area contributed by atoms with Crippen molar-refractivity contribution in [3.8, 4) is 0 Å². The van der Waals surface area contributed by atoms with E-state index >= 15 is 0 Å². The number of benzene rings is 2. The first-order valence-corrected chi connectivity index (χ1v) is 17.5. The van der Waals surface area contributed by atoms with Gasteiger partial charge in [0, 0.05) is 5.69 Å². The summed E-state index contributed by atoms with van der Waals surface area (Å²) in [5.74, 6) is -0.170. The fourth-order valence-corrected chi connectivity index (χ4v) is 5.71. The minimum Gasteiger partial charge on any atom is -0.423 e. The number of nitrogens with one attached hydrogen (secondary N) is 1. The molecule has 0 spiro atoms. The molecule has 0 heterocycles. The Morgan fingerprint density at radius 1 is 0.780 bits per heavy atom. The molecular weight excluding hydrogens is 613 g/mol. The first-order chi connectivity index (χ1) is 23.8. The Balaban J connectivity index is 1.44. The van der Waals surface area contributed by atoms with Gasteiger partial charge in [0.1, 0.15) is 0 Å². The van der Waals surface area contributed by atoms with Crippen LogP contribution in [0.15, 0.2) is 161 Å². The summed E-state index contributed by atoms with van der Waals surface area (Å²) >= 11 is 0. The smallest absolute Gasteiger partial charge is 0.423 e. The normalized spacial score (nSPS) is 16.6. The van der Waals surface area contributed by atoms with Crippen molar-refractivity contribution in [1.82, 2.24) is 0 Å². The second-order valence-corrected chi connectivity index (χ2v) is 13.8. The third kappa shape index (κ3) is 14.4. The molecule has 0 bridgehead atoms. The Labute approximate surface area is 301 Å². The molecule has 2 aromatic rings. The monoisotopic (exact) mass is 667 g/mol. The van der Waals surface area contributed by atoms with Crippen molar-refractivity contribution < 1.29 is 14.8 Å². The summed E-state index contributed by atoms with van der Waals surface area (Å²) in [6.07, 6.45) is 33.7. The van der Waals surface area contributed by atoms with E-state index in [1.807, 2.05) is 30.3 Å². The molecule has 0 aliphatic heterocycles. The van der Waals surface area contributed by atoms with Crippen molar-refractivity contribution in [2.24, 2.45) is 5.41 Å². The van der Waals surface area contributed by atoms with Gasteiger partial charge in [-0.2, -0.15) is 0 Å². The maximum absolute atomic E-state index is 12.5. The van der Waals surface area contributed by atoms with Crippen LogP contribution in [0.1, 0.15) is 78.9 Å². The second-order valence-electron chi connectivity index (χ2n) is 13.8. The van der Waals surface area contributed by atoms with E-state index in [2.05, 4.69) is 133 Å². The predicted octanol–water partition coefficient (Wildman–Crippen LogP) is 10.1. The fraction of sp³-hybridized carbons (Fsp3) is 0.267. The molecule has 260 valence electrons. The van der Waals surface area contributed by atoms with Crippen LogP contribution in [0.25, 0.3) is 6.08 Å². The Bertz CT molecular complexity index is 1770. The molecule has 0 saturated carbocycles. The van der Waals surface area contributed by atoms with Gasteiger partial charge in [-0.25, -0.2) is 0 Å². The summed E-state index contributed by atoms with van der Waals surface area (Å²) in [5, 5.41) is 21.5. The van der Waals surface area contributed by atoms with Gasteiger partial charge >= 0.3 is 7.12 Å². The molecule has 3 N–H and O–H groups in total. The average molecular weight is 668 g/mol. The average Bonchev–Trinajstić information content (AvgIpc) is 3.06. The number of allylic oxidation sites excluding steroid dienone is 19. The van der Waals surface area contributed by atoms with Gasteiger partial charge in [0.2, 0.25) is 5.91 Å². The summed E-state index contributed by atoms with van der Waals surface area (Å²) in [4.78, 5) is 12.5. The van der Waals surface area contributed by atoms with Crippen LogP contribution in [0.3, 0.4) is 0 Å². The maximum Gasteiger partial charge on any atom is 0.488 e. The van der Waals surface area contributed by atoms with Gasteiger partial charge in [0.15, 0.2) is 0 Å². The predicted molar refractivity (Wildman–Crippen MR) is 216 cm³/mol. The first-order valence-electron chi connectivity index (χ1n) is 17.5. The molecule has 0 radical (unpaired) electrons. The van der Waals surface area contributed by atoms with E-state index in [4.69, 9.17) is 0 Å². The minimum atomic E-state index is -1.57. The number of hydrogen-bond acceptors (Lipinski definition) is 3. The Morgan fingerprint density at radius 2 is 1.34 bits per heavy atom. The highest BCUT2D eigenvalue weighted by molar-refractivity contribution is 6.58. The van der Waals surface area contributed by atoms with E-state index < -0.39 is 7.12 Å². The molecule has 0 fully saturated rings. The molecule has 5 heteroatoms. The van der Waals surface area contributed by atoms with Crippen LogP contribution in [-0.2, 0) is 11.2 Å². The zero-order valence-electron chi connectivity index (χ0n) is 30.9. The molecule has 0 atom stereocenters. The topological polar surface area (TPSA) is 69.6 Å². The number of hydrogen-bond donors (Lipinski definition) is 3. The zero-order chi connectivity index (χ0) is 36.5. The molecule has 2 aromatic carbocycles. The summed E-state index contributed by atoms with van der Waals surface area (Å²) in [5.41, 5.74) is 10.8. The standard InChI is InChI=1S/C45H54BNO3/c1-34(14-8-9-15-35(2)17-11-19-37(4)24-30-43-38(5)20-13-31-45(43,6)7)16-10-18-36(3)23-25-39-26-28-40(29-27-39)32-44(48)47-42-22-12-21-41(33-42)46(49)50/h8-12,14-19,21-30,33,49-50H,13,20,31-32H2,1-7H3,(H,47,48)/b9-8+,16-10+,17-11+,25-23+,30-24+,34-14+,35-15+,36-18+,37-19+. The number of carbonyl (C=O) groups is 1. The van der Waals surface area contributed by atoms with E-state index in [0.29, 0.717) is 11.2 Å². The third-order valence-electron chi connectivity index (χ3n) is 8.67. The molecule has 4 nitrogen and oxygen atoms in total. The lowest BCUT2D eigenvalue weighted by Crippen LogP contribution is -2.30. The molecule has 0 saturated heterocycles. The third-order valence-corrected chi connectivity index (χ3v) is 8.67. The van der Waals surface area contributed by atoms with E-state index in [1.54, 1.807) is 24.3 Å². The van der Waals surface area contributed by atoms with Gasteiger partial charge in [-0.15, -0.1) is 0 Å². The summed E-state index contributed by atoms with van der Waals surface area (Å²) in [7, 11) is -1.57. The van der Waals surface area contributed by atoms with Gasteiger partial charge in [-0.3, -0.25) is 4.79 Å². The lowest BCUT2D eigenvalue weighted by atomic mass is 9.72. The zero-order valence-corrected chi connectivity index (χ0v) is 30.9. The van der Waals surface area contributed by atoms with E-state index in [9.17, 15) is 14.8 Å². The largest absolute Gasteiger partial charge is 0.488 e. The van der Waals surface area contributed by atoms with Gasteiger partial charge in [0.25, 0.3) is 0 Å². The van der Waals surface area contributed by atoms with Crippen molar-refractivity contribution in [3.63, 3.8) is 0 Å². The molecule has 0 unspecified atom stereocenters. The summed E-state index contributed by atoms with van der Waals surface area (Å²) < 4.78 is 0. The minimum absolute atomic E-state index is 0.170. The lowest BCUT2D eigenvalue weighted by Gasteiger charge is -2.32. The van der Waals surface area contributed by atoms with Crippen molar-refractivity contribution in [2.75, 3.05) is 5.32 Å². The molecule has 50 heavy (non-hydrogen) atoms. The summed E-state index contributed by atoms with van der Waals surface area (Å²) in [6, 6.07) is 14.4. The van der Waals surface area contributed by atoms with E-state index in [1.165, 1.54) is 41.6 Å². The van der Waals surface area contributed by atoms with E-state index in [-0.39, 0.29) is 17.7 Å². The second kappa shape index (κ2) is 20.1. The molecule has 1 aliphatic rings. The Hall–Kier alpha value is -4.71. The van der Waals surface area contributed by atoms with Gasteiger partial charge in [0.05, 0.1) is 6.42 Å². The van der Waals surface area contributed by atoms with Crippen LogP contribution < -0.4 is 10.8 Å². The molecular formula is C45H54BNO3. The fourth-order valence-electron chi connectivity index (χ4n) is 5.71. The molecule has 0 aromatic heterocycles. The number of carbonyl (C=O) groups excluding carboxylic acids is 1. The van der Waals surface area contributed by atoms with Gasteiger partial charge < -0.3 is 15.4 Å². The Morgan fingerprint density at radius 3 is 1.92 bits per heavy atom. The van der Waals surface area contributed by atoms with Crippen LogP contribution in [0.2, 0.25) is 0 Å². The molecule has 1 aliphatic carbocycles. The van der Waals surface area contributed by atoms with Crippen molar-refractivity contribution in [1.29, 1.82) is 0 Å². The summed E-state index contributed by atoms with van der Waals surface area (Å²) in [6.45, 7) is 15.4. The van der Waals surface area contributed by atoms with Gasteiger partial charge in [-0.1, -0.05) is 163 Å². The highest BCUT2D eigenvalue weighted by atomic mass is 16.4. The highest BCUT2D eigenvalue weighted by Crippen LogP contribution is 2.40.